The molecule has 0 fully saturated rings. The zero-order chi connectivity index (χ0) is 15.7. The lowest BCUT2D eigenvalue weighted by molar-refractivity contribution is 0.439. The molecule has 0 aliphatic carbocycles. The number of aromatic nitrogens is 1. The van der Waals surface area contributed by atoms with E-state index in [9.17, 15) is 8.78 Å². The van der Waals surface area contributed by atoms with Crippen molar-refractivity contribution >= 4 is 22.5 Å². The third-order valence-corrected chi connectivity index (χ3v) is 3.21. The third-order valence-electron chi connectivity index (χ3n) is 3.00. The van der Waals surface area contributed by atoms with Crippen LogP contribution in [0.3, 0.4) is 0 Å². The van der Waals surface area contributed by atoms with Gasteiger partial charge in [-0.25, -0.2) is 8.78 Å². The summed E-state index contributed by atoms with van der Waals surface area (Å²) in [6, 6.07) is 9.82. The quantitative estimate of drug-likeness (QED) is 0.680. The van der Waals surface area contributed by atoms with E-state index in [0.717, 1.165) is 12.1 Å². The maximum Gasteiger partial charge on any atom is 0.167 e. The van der Waals surface area contributed by atoms with Gasteiger partial charge in [0.25, 0.3) is 0 Å². The highest BCUT2D eigenvalue weighted by molar-refractivity contribution is 6.31. The van der Waals surface area contributed by atoms with Crippen LogP contribution in [-0.4, -0.2) is 4.98 Å². The molecule has 0 N–H and O–H groups in total. The first-order chi connectivity index (χ1) is 10.6. The molecule has 0 atom stereocenters. The van der Waals surface area contributed by atoms with E-state index in [4.69, 9.17) is 21.6 Å². The zero-order valence-corrected chi connectivity index (χ0v) is 11.7. The summed E-state index contributed by atoms with van der Waals surface area (Å²) in [6.45, 7) is 0. The fourth-order valence-corrected chi connectivity index (χ4v) is 2.23. The maximum atomic E-state index is 13.9. The molecule has 3 rings (SSSR count). The van der Waals surface area contributed by atoms with Crippen LogP contribution in [0, 0.1) is 23.0 Å². The van der Waals surface area contributed by atoms with Gasteiger partial charge in [0.15, 0.2) is 17.3 Å². The fraction of sp³-hybridized carbons (Fsp3) is 0. The van der Waals surface area contributed by atoms with Crippen LogP contribution in [0.4, 0.5) is 8.78 Å². The van der Waals surface area contributed by atoms with Gasteiger partial charge in [0.1, 0.15) is 17.4 Å². The Morgan fingerprint density at radius 2 is 1.91 bits per heavy atom. The highest BCUT2D eigenvalue weighted by Gasteiger charge is 2.14. The Morgan fingerprint density at radius 3 is 2.68 bits per heavy atom. The molecule has 0 aliphatic heterocycles. The van der Waals surface area contributed by atoms with Crippen molar-refractivity contribution in [2.75, 3.05) is 0 Å². The van der Waals surface area contributed by atoms with Gasteiger partial charge in [0.2, 0.25) is 0 Å². The summed E-state index contributed by atoms with van der Waals surface area (Å²) < 4.78 is 32.9. The number of nitriles is 1. The molecule has 2 aromatic carbocycles. The summed E-state index contributed by atoms with van der Waals surface area (Å²) in [6.07, 6.45) is 1.55. The van der Waals surface area contributed by atoms with E-state index in [0.29, 0.717) is 15.9 Å². The Kier molecular flexibility index (Phi) is 3.61. The van der Waals surface area contributed by atoms with Crippen LogP contribution in [0.2, 0.25) is 5.02 Å². The van der Waals surface area contributed by atoms with Gasteiger partial charge in [-0.05, 0) is 18.2 Å². The highest BCUT2D eigenvalue weighted by Crippen LogP contribution is 2.33. The number of ether oxygens (including phenoxy) is 1. The van der Waals surface area contributed by atoms with Crippen molar-refractivity contribution in [1.29, 1.82) is 5.26 Å². The number of rotatable bonds is 2. The van der Waals surface area contributed by atoms with E-state index < -0.39 is 11.6 Å². The third kappa shape index (κ3) is 2.57. The lowest BCUT2D eigenvalue weighted by atomic mass is 10.2. The predicted molar refractivity (Wildman–Crippen MR) is 77.9 cm³/mol. The normalized spacial score (nSPS) is 10.5. The summed E-state index contributed by atoms with van der Waals surface area (Å²) >= 11 is 5.99. The van der Waals surface area contributed by atoms with Gasteiger partial charge in [0, 0.05) is 28.7 Å². The van der Waals surface area contributed by atoms with Gasteiger partial charge >= 0.3 is 0 Å². The van der Waals surface area contributed by atoms with Gasteiger partial charge < -0.3 is 4.74 Å². The number of pyridine rings is 1. The first-order valence-corrected chi connectivity index (χ1v) is 6.57. The molecule has 0 radical (unpaired) electrons. The minimum Gasteiger partial charge on any atom is -0.452 e. The molecule has 3 aromatic rings. The molecule has 0 saturated heterocycles. The Balaban J connectivity index is 2.11. The Labute approximate surface area is 129 Å². The van der Waals surface area contributed by atoms with Crippen LogP contribution in [0.25, 0.3) is 10.9 Å². The minimum absolute atomic E-state index is 0.200. The van der Waals surface area contributed by atoms with Crippen molar-refractivity contribution in [1.82, 2.24) is 4.98 Å². The molecule has 1 heterocycles. The second-order valence-corrected chi connectivity index (χ2v) is 4.89. The Morgan fingerprint density at radius 1 is 1.09 bits per heavy atom. The van der Waals surface area contributed by atoms with Gasteiger partial charge in [-0.3, -0.25) is 4.98 Å². The van der Waals surface area contributed by atoms with Gasteiger partial charge in [0.05, 0.1) is 5.56 Å². The predicted octanol–water partition coefficient (Wildman–Crippen LogP) is 4.83. The second kappa shape index (κ2) is 5.58. The molecule has 22 heavy (non-hydrogen) atoms. The average molecular weight is 317 g/mol. The van der Waals surface area contributed by atoms with Crippen molar-refractivity contribution in [3.8, 4) is 17.6 Å². The fourth-order valence-electron chi connectivity index (χ4n) is 2.01. The minimum atomic E-state index is -0.863. The highest BCUT2D eigenvalue weighted by atomic mass is 35.5. The molecule has 0 spiro atoms. The smallest absolute Gasteiger partial charge is 0.167 e. The summed E-state index contributed by atoms with van der Waals surface area (Å²) in [5.74, 6) is -1.85. The molecule has 0 bridgehead atoms. The SMILES string of the molecule is N#Cc1cc(F)c(Oc2cc(Cl)cc3cccnc23)cc1F. The van der Waals surface area contributed by atoms with Gasteiger partial charge in [-0.15, -0.1) is 0 Å². The molecule has 0 aliphatic rings. The van der Waals surface area contributed by atoms with Crippen molar-refractivity contribution < 1.29 is 13.5 Å². The first kappa shape index (κ1) is 14.2. The van der Waals surface area contributed by atoms with E-state index in [-0.39, 0.29) is 17.1 Å². The number of hydrogen-bond donors (Lipinski definition) is 0. The molecule has 3 nitrogen and oxygen atoms in total. The molecule has 108 valence electrons. The number of halogens is 3. The van der Waals surface area contributed by atoms with Crippen molar-refractivity contribution in [3.63, 3.8) is 0 Å². The maximum absolute atomic E-state index is 13.9. The van der Waals surface area contributed by atoms with Crippen molar-refractivity contribution in [2.45, 2.75) is 0 Å². The summed E-state index contributed by atoms with van der Waals surface area (Å²) in [5, 5.41) is 9.76. The second-order valence-electron chi connectivity index (χ2n) is 4.46. The Hall–Kier alpha value is -2.71. The molecule has 0 amide bonds. The van der Waals surface area contributed by atoms with E-state index >= 15 is 0 Å². The van der Waals surface area contributed by atoms with Crippen LogP contribution in [0.5, 0.6) is 11.5 Å². The summed E-state index contributed by atoms with van der Waals surface area (Å²) in [5.41, 5.74) is 0.0787. The van der Waals surface area contributed by atoms with E-state index in [1.807, 2.05) is 0 Å². The van der Waals surface area contributed by atoms with E-state index in [1.54, 1.807) is 30.5 Å². The lowest BCUT2D eigenvalue weighted by Gasteiger charge is -2.10. The monoisotopic (exact) mass is 316 g/mol. The lowest BCUT2D eigenvalue weighted by Crippen LogP contribution is -1.94. The number of fused-ring (bicyclic) bond motifs is 1. The number of benzene rings is 2. The molecule has 0 saturated carbocycles. The van der Waals surface area contributed by atoms with Crippen molar-refractivity contribution in [3.05, 3.63) is 64.8 Å². The van der Waals surface area contributed by atoms with Gasteiger partial charge in [-0.2, -0.15) is 5.26 Å². The van der Waals surface area contributed by atoms with E-state index in [2.05, 4.69) is 4.98 Å². The largest absolute Gasteiger partial charge is 0.452 e. The molecule has 1 aromatic heterocycles. The first-order valence-electron chi connectivity index (χ1n) is 6.20. The molecular weight excluding hydrogens is 310 g/mol. The van der Waals surface area contributed by atoms with Crippen molar-refractivity contribution in [2.24, 2.45) is 0 Å². The average Bonchev–Trinajstić information content (AvgIpc) is 2.50. The summed E-state index contributed by atoms with van der Waals surface area (Å²) in [7, 11) is 0. The standard InChI is InChI=1S/C16H7ClF2N2O/c17-11-4-9-2-1-3-21-16(9)15(6-11)22-14-7-12(18)10(8-20)5-13(14)19/h1-7H. The van der Waals surface area contributed by atoms with Crippen LogP contribution < -0.4 is 4.74 Å². The van der Waals surface area contributed by atoms with Gasteiger partial charge in [-0.1, -0.05) is 17.7 Å². The number of nitrogens with zero attached hydrogens (tertiary/aromatic N) is 2. The topological polar surface area (TPSA) is 45.9 Å². The summed E-state index contributed by atoms with van der Waals surface area (Å²) in [4.78, 5) is 4.15. The van der Waals surface area contributed by atoms with E-state index in [1.165, 1.54) is 6.07 Å². The number of hydrogen-bond acceptors (Lipinski definition) is 3. The van der Waals surface area contributed by atoms with Crippen LogP contribution >= 0.6 is 11.6 Å². The zero-order valence-electron chi connectivity index (χ0n) is 11.0. The molecular formula is C16H7ClF2N2O. The van der Waals surface area contributed by atoms with Crippen LogP contribution in [0.15, 0.2) is 42.6 Å². The van der Waals surface area contributed by atoms with Crippen LogP contribution in [-0.2, 0) is 0 Å². The molecule has 6 heteroatoms. The Bertz CT molecular complexity index is 922. The molecule has 0 unspecified atom stereocenters. The van der Waals surface area contributed by atoms with Crippen LogP contribution in [0.1, 0.15) is 5.56 Å².